The number of hydrogen-bond donors (Lipinski definition) is 1. The zero-order chi connectivity index (χ0) is 21.7. The van der Waals surface area contributed by atoms with Crippen LogP contribution in [-0.2, 0) is 9.47 Å². The molecule has 1 unspecified atom stereocenters. The van der Waals surface area contributed by atoms with Crippen LogP contribution in [0, 0.1) is 0 Å². The lowest BCUT2D eigenvalue weighted by Crippen LogP contribution is -2.38. The van der Waals surface area contributed by atoms with Crippen LogP contribution < -0.4 is 0 Å². The summed E-state index contributed by atoms with van der Waals surface area (Å²) in [6, 6.07) is 0. The molecule has 1 amide bonds. The molecule has 0 radical (unpaired) electrons. The summed E-state index contributed by atoms with van der Waals surface area (Å²) in [5, 5.41) is 9.45. The maximum absolute atomic E-state index is 12.1. The molecule has 1 atom stereocenters. The van der Waals surface area contributed by atoms with Crippen molar-refractivity contribution in [3.63, 3.8) is 0 Å². The van der Waals surface area contributed by atoms with Crippen molar-refractivity contribution in [3.05, 3.63) is 0 Å². The van der Waals surface area contributed by atoms with Gasteiger partial charge in [0.1, 0.15) is 12.8 Å². The van der Waals surface area contributed by atoms with Crippen LogP contribution in [0.15, 0.2) is 0 Å². The SMILES string of the molecule is CCCCCCCCCCCCCCCCCCN(CO)C(=O)OC1CCCOC1. The second kappa shape index (κ2) is 20.1. The summed E-state index contributed by atoms with van der Waals surface area (Å²) in [4.78, 5) is 13.5. The molecule has 1 rings (SSSR count). The first-order chi connectivity index (χ1) is 14.8. The largest absolute Gasteiger partial charge is 0.444 e. The number of hydrogen-bond acceptors (Lipinski definition) is 4. The molecule has 1 saturated heterocycles. The fourth-order valence-electron chi connectivity index (χ4n) is 4.09. The summed E-state index contributed by atoms with van der Waals surface area (Å²) >= 11 is 0. The molecule has 0 aromatic rings. The lowest BCUT2D eigenvalue weighted by Gasteiger charge is -2.26. The van der Waals surface area contributed by atoms with Crippen LogP contribution in [-0.4, -0.2) is 48.7 Å². The molecule has 1 fully saturated rings. The zero-order valence-corrected chi connectivity index (χ0v) is 19.8. The monoisotopic (exact) mass is 427 g/mol. The van der Waals surface area contributed by atoms with Crippen molar-refractivity contribution >= 4 is 6.09 Å². The maximum Gasteiger partial charge on any atom is 0.411 e. The van der Waals surface area contributed by atoms with E-state index in [2.05, 4.69) is 6.92 Å². The average molecular weight is 428 g/mol. The van der Waals surface area contributed by atoms with E-state index in [1.807, 2.05) is 0 Å². The smallest absolute Gasteiger partial charge is 0.411 e. The number of rotatable bonds is 19. The minimum atomic E-state index is -0.408. The van der Waals surface area contributed by atoms with E-state index in [1.54, 1.807) is 0 Å². The van der Waals surface area contributed by atoms with Gasteiger partial charge in [0, 0.05) is 13.2 Å². The highest BCUT2D eigenvalue weighted by atomic mass is 16.6. The van der Waals surface area contributed by atoms with Gasteiger partial charge in [-0.25, -0.2) is 4.79 Å². The van der Waals surface area contributed by atoms with Crippen molar-refractivity contribution < 1.29 is 19.4 Å². The van der Waals surface area contributed by atoms with Crippen molar-refractivity contribution in [2.45, 2.75) is 129 Å². The molecule has 0 aromatic heterocycles. The standard InChI is InChI=1S/C25H49NO4/c1-2-3-4-5-6-7-8-9-10-11-12-13-14-15-16-17-20-26(23-27)25(28)30-24-19-18-21-29-22-24/h24,27H,2-23H2,1H3. The highest BCUT2D eigenvalue weighted by Gasteiger charge is 2.21. The summed E-state index contributed by atoms with van der Waals surface area (Å²) in [6.45, 7) is 3.80. The van der Waals surface area contributed by atoms with Gasteiger partial charge in [-0.1, -0.05) is 103 Å². The lowest BCUT2D eigenvalue weighted by molar-refractivity contribution is -0.0340. The molecule has 1 N–H and O–H groups in total. The van der Waals surface area contributed by atoms with Crippen LogP contribution in [0.5, 0.6) is 0 Å². The second-order valence-corrected chi connectivity index (χ2v) is 8.93. The predicted octanol–water partition coefficient (Wildman–Crippen LogP) is 6.82. The Balaban J connectivity index is 1.85. The average Bonchev–Trinajstić information content (AvgIpc) is 2.76. The molecule has 0 aliphatic carbocycles. The number of aliphatic hydroxyl groups is 1. The topological polar surface area (TPSA) is 59.0 Å². The Kier molecular flexibility index (Phi) is 18.3. The van der Waals surface area contributed by atoms with Gasteiger partial charge in [-0.05, 0) is 19.3 Å². The van der Waals surface area contributed by atoms with Gasteiger partial charge in [-0.3, -0.25) is 4.90 Å². The number of unbranched alkanes of at least 4 members (excludes halogenated alkanes) is 15. The van der Waals surface area contributed by atoms with Crippen LogP contribution in [0.4, 0.5) is 4.79 Å². The summed E-state index contributed by atoms with van der Waals surface area (Å²) in [7, 11) is 0. The molecule has 0 bridgehead atoms. The van der Waals surface area contributed by atoms with Crippen LogP contribution in [0.3, 0.4) is 0 Å². The molecule has 30 heavy (non-hydrogen) atoms. The number of amides is 1. The number of carbonyl (C=O) groups excluding carboxylic acids is 1. The van der Waals surface area contributed by atoms with Crippen LogP contribution in [0.1, 0.15) is 122 Å². The van der Waals surface area contributed by atoms with E-state index >= 15 is 0 Å². The second-order valence-electron chi connectivity index (χ2n) is 8.93. The Morgan fingerprint density at radius 1 is 0.867 bits per heavy atom. The number of carbonyl (C=O) groups is 1. The molecular weight excluding hydrogens is 378 g/mol. The van der Waals surface area contributed by atoms with Crippen LogP contribution >= 0.6 is 0 Å². The van der Waals surface area contributed by atoms with E-state index in [-0.39, 0.29) is 12.8 Å². The highest BCUT2D eigenvalue weighted by molar-refractivity contribution is 5.67. The third kappa shape index (κ3) is 15.1. The fourth-order valence-corrected chi connectivity index (χ4v) is 4.09. The number of ether oxygens (including phenoxy) is 2. The molecule has 0 aromatic carbocycles. The van der Waals surface area contributed by atoms with Gasteiger partial charge in [0.2, 0.25) is 0 Å². The van der Waals surface area contributed by atoms with E-state index in [4.69, 9.17) is 9.47 Å². The third-order valence-corrected chi connectivity index (χ3v) is 6.10. The van der Waals surface area contributed by atoms with Crippen molar-refractivity contribution in [2.24, 2.45) is 0 Å². The van der Waals surface area contributed by atoms with Crippen molar-refractivity contribution in [1.82, 2.24) is 4.90 Å². The molecule has 1 aliphatic heterocycles. The minimum absolute atomic E-state index is 0.161. The van der Waals surface area contributed by atoms with Gasteiger partial charge in [-0.2, -0.15) is 0 Å². The number of aliphatic hydroxyl groups excluding tert-OH is 1. The first-order valence-corrected chi connectivity index (χ1v) is 12.9. The number of nitrogens with zero attached hydrogens (tertiary/aromatic N) is 1. The van der Waals surface area contributed by atoms with Gasteiger partial charge < -0.3 is 14.6 Å². The Morgan fingerprint density at radius 3 is 1.80 bits per heavy atom. The minimum Gasteiger partial charge on any atom is -0.444 e. The zero-order valence-electron chi connectivity index (χ0n) is 19.8. The van der Waals surface area contributed by atoms with Gasteiger partial charge in [0.05, 0.1) is 6.61 Å². The van der Waals surface area contributed by atoms with Gasteiger partial charge in [0.25, 0.3) is 0 Å². The van der Waals surface area contributed by atoms with Gasteiger partial charge in [0.15, 0.2) is 0 Å². The Bertz CT molecular complexity index is 385. The Morgan fingerprint density at radius 2 is 1.37 bits per heavy atom. The van der Waals surface area contributed by atoms with E-state index in [1.165, 1.54) is 94.8 Å². The van der Waals surface area contributed by atoms with E-state index < -0.39 is 6.09 Å². The molecule has 1 aliphatic rings. The van der Waals surface area contributed by atoms with Gasteiger partial charge in [-0.15, -0.1) is 0 Å². The summed E-state index contributed by atoms with van der Waals surface area (Å²) in [5.41, 5.74) is 0. The highest BCUT2D eigenvalue weighted by Crippen LogP contribution is 2.15. The predicted molar refractivity (Wildman–Crippen MR) is 124 cm³/mol. The molecule has 1 heterocycles. The molecule has 0 spiro atoms. The van der Waals surface area contributed by atoms with E-state index in [9.17, 15) is 9.90 Å². The lowest BCUT2D eigenvalue weighted by atomic mass is 10.0. The first-order valence-electron chi connectivity index (χ1n) is 12.9. The van der Waals surface area contributed by atoms with Crippen molar-refractivity contribution in [2.75, 3.05) is 26.5 Å². The quantitative estimate of drug-likeness (QED) is 0.182. The normalized spacial score (nSPS) is 16.5. The van der Waals surface area contributed by atoms with E-state index in [0.717, 1.165) is 32.3 Å². The Hall–Kier alpha value is -0.810. The van der Waals surface area contributed by atoms with Crippen LogP contribution in [0.25, 0.3) is 0 Å². The molecular formula is C25H49NO4. The fraction of sp³-hybridized carbons (Fsp3) is 0.960. The molecule has 178 valence electrons. The van der Waals surface area contributed by atoms with Crippen molar-refractivity contribution in [1.29, 1.82) is 0 Å². The first kappa shape index (κ1) is 27.2. The summed E-state index contributed by atoms with van der Waals surface area (Å²) in [6.07, 6.45) is 22.5. The summed E-state index contributed by atoms with van der Waals surface area (Å²) in [5.74, 6) is 0. The van der Waals surface area contributed by atoms with Gasteiger partial charge >= 0.3 is 6.09 Å². The third-order valence-electron chi connectivity index (χ3n) is 6.10. The van der Waals surface area contributed by atoms with Crippen LogP contribution in [0.2, 0.25) is 0 Å². The summed E-state index contributed by atoms with van der Waals surface area (Å²) < 4.78 is 10.8. The molecule has 5 heteroatoms. The molecule has 0 saturated carbocycles. The Labute approximate surface area is 185 Å². The maximum atomic E-state index is 12.1. The molecule has 5 nitrogen and oxygen atoms in total. The van der Waals surface area contributed by atoms with E-state index in [0.29, 0.717) is 13.2 Å². The van der Waals surface area contributed by atoms with Crippen molar-refractivity contribution in [3.8, 4) is 0 Å².